The second-order valence-electron chi connectivity index (χ2n) is 3.99. The van der Waals surface area contributed by atoms with Crippen LogP contribution in [0.2, 0.25) is 0 Å². The standard InChI is InChI=1S/C13H16FN3O/c1-15-13(12-6-7-16-17(12)2)10-5-4-9(18-3)8-11(10)14/h4-8,13,15H,1-3H3. The molecule has 1 unspecified atom stereocenters. The van der Waals surface area contributed by atoms with E-state index in [0.29, 0.717) is 11.3 Å². The van der Waals surface area contributed by atoms with Crippen LogP contribution in [0.3, 0.4) is 0 Å². The van der Waals surface area contributed by atoms with E-state index in [1.54, 1.807) is 30.1 Å². The number of aryl methyl sites for hydroxylation is 1. The third-order valence-corrected chi connectivity index (χ3v) is 2.96. The minimum atomic E-state index is -0.296. The van der Waals surface area contributed by atoms with Crippen molar-refractivity contribution in [3.8, 4) is 5.75 Å². The van der Waals surface area contributed by atoms with Crippen molar-refractivity contribution in [2.75, 3.05) is 14.2 Å². The lowest BCUT2D eigenvalue weighted by molar-refractivity contribution is 0.410. The molecule has 1 heterocycles. The number of hydrogen-bond donors (Lipinski definition) is 1. The summed E-state index contributed by atoms with van der Waals surface area (Å²) in [6.07, 6.45) is 1.70. The SMILES string of the molecule is CNC(c1ccc(OC)cc1F)c1ccnn1C. The number of nitrogens with one attached hydrogen (secondary N) is 1. The number of hydrogen-bond acceptors (Lipinski definition) is 3. The van der Waals surface area contributed by atoms with Gasteiger partial charge in [0.2, 0.25) is 0 Å². The Balaban J connectivity index is 2.42. The average Bonchev–Trinajstić information content (AvgIpc) is 2.78. The third kappa shape index (κ3) is 2.22. The maximum Gasteiger partial charge on any atom is 0.132 e. The normalized spacial score (nSPS) is 12.4. The highest BCUT2D eigenvalue weighted by Crippen LogP contribution is 2.26. The first-order chi connectivity index (χ1) is 8.67. The van der Waals surface area contributed by atoms with Gasteiger partial charge >= 0.3 is 0 Å². The number of ether oxygens (including phenoxy) is 1. The predicted octanol–water partition coefficient (Wildman–Crippen LogP) is 1.88. The molecular formula is C13H16FN3O. The van der Waals surface area contributed by atoms with Crippen molar-refractivity contribution >= 4 is 0 Å². The summed E-state index contributed by atoms with van der Waals surface area (Å²) < 4.78 is 20.8. The van der Waals surface area contributed by atoms with Crippen molar-refractivity contribution in [1.29, 1.82) is 0 Å². The number of methoxy groups -OCH3 is 1. The first-order valence-corrected chi connectivity index (χ1v) is 5.66. The summed E-state index contributed by atoms with van der Waals surface area (Å²) in [5, 5.41) is 7.20. The van der Waals surface area contributed by atoms with Crippen molar-refractivity contribution in [1.82, 2.24) is 15.1 Å². The second kappa shape index (κ2) is 5.18. The summed E-state index contributed by atoms with van der Waals surface area (Å²) in [6, 6.07) is 6.49. The Bertz CT molecular complexity index is 539. The van der Waals surface area contributed by atoms with Gasteiger partial charge in [0, 0.05) is 24.9 Å². The molecule has 4 nitrogen and oxygen atoms in total. The fourth-order valence-corrected chi connectivity index (χ4v) is 2.00. The number of aromatic nitrogens is 2. The molecule has 0 bridgehead atoms. The zero-order valence-electron chi connectivity index (χ0n) is 10.6. The van der Waals surface area contributed by atoms with Crippen LogP contribution in [0, 0.1) is 5.82 Å². The minimum absolute atomic E-state index is 0.233. The molecule has 0 radical (unpaired) electrons. The smallest absolute Gasteiger partial charge is 0.132 e. The Morgan fingerprint density at radius 3 is 2.67 bits per heavy atom. The predicted molar refractivity (Wildman–Crippen MR) is 67.1 cm³/mol. The Labute approximate surface area is 105 Å². The molecule has 18 heavy (non-hydrogen) atoms. The van der Waals surface area contributed by atoms with E-state index in [9.17, 15) is 4.39 Å². The third-order valence-electron chi connectivity index (χ3n) is 2.96. The van der Waals surface area contributed by atoms with Crippen LogP contribution in [-0.4, -0.2) is 23.9 Å². The van der Waals surface area contributed by atoms with Gasteiger partial charge in [-0.15, -0.1) is 0 Å². The molecule has 96 valence electrons. The van der Waals surface area contributed by atoms with E-state index in [2.05, 4.69) is 10.4 Å². The molecular weight excluding hydrogens is 233 g/mol. The Morgan fingerprint density at radius 1 is 1.39 bits per heavy atom. The van der Waals surface area contributed by atoms with Gasteiger partial charge in [-0.3, -0.25) is 4.68 Å². The molecule has 0 saturated carbocycles. The van der Waals surface area contributed by atoms with E-state index in [0.717, 1.165) is 5.69 Å². The summed E-state index contributed by atoms with van der Waals surface area (Å²) in [7, 11) is 5.15. The average molecular weight is 249 g/mol. The van der Waals surface area contributed by atoms with Gasteiger partial charge in [-0.25, -0.2) is 4.39 Å². The molecule has 2 aromatic rings. The van der Waals surface area contributed by atoms with Gasteiger partial charge in [-0.1, -0.05) is 6.07 Å². The molecule has 0 saturated heterocycles. The molecule has 1 aromatic heterocycles. The van der Waals surface area contributed by atoms with Crippen LogP contribution in [0.4, 0.5) is 4.39 Å². The molecule has 5 heteroatoms. The lowest BCUT2D eigenvalue weighted by Gasteiger charge is -2.18. The summed E-state index contributed by atoms with van der Waals surface area (Å²) in [6.45, 7) is 0. The largest absolute Gasteiger partial charge is 0.497 e. The summed E-state index contributed by atoms with van der Waals surface area (Å²) >= 11 is 0. The maximum absolute atomic E-state index is 14.0. The number of halogens is 1. The Morgan fingerprint density at radius 2 is 2.17 bits per heavy atom. The lowest BCUT2D eigenvalue weighted by Crippen LogP contribution is -2.21. The maximum atomic E-state index is 14.0. The molecule has 0 aliphatic heterocycles. The van der Waals surface area contributed by atoms with E-state index >= 15 is 0 Å². The summed E-state index contributed by atoms with van der Waals surface area (Å²) in [5.74, 6) is 0.214. The molecule has 2 rings (SSSR count). The fourth-order valence-electron chi connectivity index (χ4n) is 2.00. The van der Waals surface area contributed by atoms with Crippen LogP contribution in [0.5, 0.6) is 5.75 Å². The van der Waals surface area contributed by atoms with Crippen molar-refractivity contribution < 1.29 is 9.13 Å². The second-order valence-corrected chi connectivity index (χ2v) is 3.99. The van der Waals surface area contributed by atoms with E-state index in [4.69, 9.17) is 4.74 Å². The van der Waals surface area contributed by atoms with Crippen molar-refractivity contribution in [2.45, 2.75) is 6.04 Å². The zero-order valence-corrected chi connectivity index (χ0v) is 10.6. The van der Waals surface area contributed by atoms with Crippen molar-refractivity contribution in [3.05, 3.63) is 47.5 Å². The Hall–Kier alpha value is -1.88. The van der Waals surface area contributed by atoms with Gasteiger partial charge in [0.1, 0.15) is 11.6 Å². The van der Waals surface area contributed by atoms with Crippen LogP contribution >= 0.6 is 0 Å². The van der Waals surface area contributed by atoms with E-state index in [1.807, 2.05) is 13.1 Å². The molecule has 1 N–H and O–H groups in total. The molecule has 0 fully saturated rings. The molecule has 0 amide bonds. The first kappa shape index (κ1) is 12.6. The van der Waals surface area contributed by atoms with Crippen LogP contribution < -0.4 is 10.1 Å². The minimum Gasteiger partial charge on any atom is -0.497 e. The van der Waals surface area contributed by atoms with Crippen LogP contribution in [-0.2, 0) is 7.05 Å². The van der Waals surface area contributed by atoms with Gasteiger partial charge in [0.25, 0.3) is 0 Å². The highest BCUT2D eigenvalue weighted by atomic mass is 19.1. The van der Waals surface area contributed by atoms with Crippen molar-refractivity contribution in [2.24, 2.45) is 7.05 Å². The van der Waals surface area contributed by atoms with Crippen LogP contribution in [0.15, 0.2) is 30.5 Å². The van der Waals surface area contributed by atoms with Gasteiger partial charge in [-0.05, 0) is 19.2 Å². The quantitative estimate of drug-likeness (QED) is 0.899. The summed E-state index contributed by atoms with van der Waals surface area (Å²) in [4.78, 5) is 0. The monoisotopic (exact) mass is 249 g/mol. The lowest BCUT2D eigenvalue weighted by atomic mass is 10.0. The van der Waals surface area contributed by atoms with E-state index in [-0.39, 0.29) is 11.9 Å². The molecule has 0 spiro atoms. The van der Waals surface area contributed by atoms with E-state index in [1.165, 1.54) is 13.2 Å². The topological polar surface area (TPSA) is 39.1 Å². The highest BCUT2D eigenvalue weighted by Gasteiger charge is 2.19. The number of nitrogens with zero attached hydrogens (tertiary/aromatic N) is 2. The van der Waals surface area contributed by atoms with Gasteiger partial charge in [0.15, 0.2) is 0 Å². The van der Waals surface area contributed by atoms with Gasteiger partial charge < -0.3 is 10.1 Å². The summed E-state index contributed by atoms with van der Waals surface area (Å²) in [5.41, 5.74) is 1.48. The van der Waals surface area contributed by atoms with Crippen LogP contribution in [0.1, 0.15) is 17.3 Å². The number of rotatable bonds is 4. The fraction of sp³-hybridized carbons (Fsp3) is 0.308. The molecule has 1 aromatic carbocycles. The van der Waals surface area contributed by atoms with Gasteiger partial charge in [-0.2, -0.15) is 5.10 Å². The first-order valence-electron chi connectivity index (χ1n) is 5.66. The zero-order chi connectivity index (χ0) is 13.1. The Kier molecular flexibility index (Phi) is 3.62. The van der Waals surface area contributed by atoms with Crippen LogP contribution in [0.25, 0.3) is 0 Å². The number of benzene rings is 1. The highest BCUT2D eigenvalue weighted by molar-refractivity contribution is 5.34. The van der Waals surface area contributed by atoms with E-state index < -0.39 is 0 Å². The van der Waals surface area contributed by atoms with Gasteiger partial charge in [0.05, 0.1) is 18.8 Å². The molecule has 0 aliphatic carbocycles. The molecule has 0 aliphatic rings. The van der Waals surface area contributed by atoms with Crippen molar-refractivity contribution in [3.63, 3.8) is 0 Å². The molecule has 1 atom stereocenters.